The van der Waals surface area contributed by atoms with Gasteiger partial charge in [0.05, 0.1) is 13.2 Å². The van der Waals surface area contributed by atoms with Gasteiger partial charge in [-0.15, -0.1) is 16.9 Å². The Kier molecular flexibility index (Phi) is 12.1. The quantitative estimate of drug-likeness (QED) is 0.142. The lowest BCUT2D eigenvalue weighted by Gasteiger charge is -2.41. The minimum absolute atomic E-state index is 0.0394. The number of esters is 1. The number of thioether (sulfide) groups is 1. The van der Waals surface area contributed by atoms with Crippen LogP contribution in [0.1, 0.15) is 52.9 Å². The van der Waals surface area contributed by atoms with Crippen molar-refractivity contribution in [3.8, 4) is 11.5 Å². The average molecular weight is 645 g/mol. The lowest BCUT2D eigenvalue weighted by atomic mass is 10.0. The number of benzene rings is 1. The zero-order chi connectivity index (χ0) is 31.1. The number of rotatable bonds is 11. The Morgan fingerprint density at radius 2 is 1.83 bits per heavy atom. The molecule has 2 heterocycles. The Labute approximate surface area is 263 Å². The number of carbonyl (C=O) groups excluding carboxylic acids is 2. The molecule has 1 amide bonds. The SMILES string of the molecule is COC(=O)c1ccc(CCN2C(=O)SCCN2CCC(Cc2cccc(C#C[Si](C)(C)C)c2)O[Si](C)(C)C(C)(C)C)s1. The molecule has 0 N–H and O–H groups in total. The van der Waals surface area contributed by atoms with E-state index in [1.807, 2.05) is 11.1 Å². The van der Waals surface area contributed by atoms with Crippen LogP contribution in [0.5, 0.6) is 0 Å². The Balaban J connectivity index is 1.74. The molecular formula is C32H48N2O4S2Si2. The van der Waals surface area contributed by atoms with Crippen LogP contribution in [0.25, 0.3) is 0 Å². The van der Waals surface area contributed by atoms with Crippen LogP contribution >= 0.6 is 23.1 Å². The summed E-state index contributed by atoms with van der Waals surface area (Å²) in [5.41, 5.74) is 5.79. The summed E-state index contributed by atoms with van der Waals surface area (Å²) in [5, 5.41) is 4.28. The Hall–Kier alpha value is -1.88. The first-order valence-electron chi connectivity index (χ1n) is 14.7. The maximum absolute atomic E-state index is 13.0. The van der Waals surface area contributed by atoms with Crippen molar-refractivity contribution in [1.82, 2.24) is 10.0 Å². The van der Waals surface area contributed by atoms with Crippen LogP contribution in [0.3, 0.4) is 0 Å². The predicted octanol–water partition coefficient (Wildman–Crippen LogP) is 7.72. The lowest BCUT2D eigenvalue weighted by Crippen LogP contribution is -2.51. The molecule has 42 heavy (non-hydrogen) atoms. The molecule has 0 saturated carbocycles. The fourth-order valence-electron chi connectivity index (χ4n) is 4.34. The summed E-state index contributed by atoms with van der Waals surface area (Å²) >= 11 is 2.81. The molecule has 1 aromatic heterocycles. The van der Waals surface area contributed by atoms with Gasteiger partial charge in [0.1, 0.15) is 13.0 Å². The van der Waals surface area contributed by atoms with E-state index in [4.69, 9.17) is 9.16 Å². The van der Waals surface area contributed by atoms with Crippen molar-refractivity contribution >= 4 is 50.7 Å². The molecule has 0 radical (unpaired) electrons. The van der Waals surface area contributed by atoms with Gasteiger partial charge < -0.3 is 9.16 Å². The number of nitrogens with zero attached hydrogens (tertiary/aromatic N) is 2. The molecule has 1 unspecified atom stereocenters. The van der Waals surface area contributed by atoms with E-state index in [0.29, 0.717) is 17.8 Å². The van der Waals surface area contributed by atoms with Crippen molar-refractivity contribution < 1.29 is 18.8 Å². The van der Waals surface area contributed by atoms with Crippen LogP contribution in [0.15, 0.2) is 36.4 Å². The summed E-state index contributed by atoms with van der Waals surface area (Å²) in [6.45, 7) is 20.4. The predicted molar refractivity (Wildman–Crippen MR) is 183 cm³/mol. The highest BCUT2D eigenvalue weighted by molar-refractivity contribution is 8.13. The molecule has 1 saturated heterocycles. The number of hydrogen-bond acceptors (Lipinski definition) is 7. The molecule has 1 aromatic carbocycles. The van der Waals surface area contributed by atoms with Gasteiger partial charge >= 0.3 is 5.97 Å². The van der Waals surface area contributed by atoms with Crippen LogP contribution in [0, 0.1) is 11.5 Å². The van der Waals surface area contributed by atoms with E-state index in [-0.39, 0.29) is 22.4 Å². The summed E-state index contributed by atoms with van der Waals surface area (Å²) in [7, 11) is -2.09. The minimum atomic E-state index is -2.02. The third-order valence-corrected chi connectivity index (χ3v) is 15.1. The summed E-state index contributed by atoms with van der Waals surface area (Å²) < 4.78 is 11.9. The van der Waals surface area contributed by atoms with Crippen molar-refractivity contribution in [3.05, 3.63) is 57.3 Å². The number of thiophene rings is 1. The Morgan fingerprint density at radius 1 is 1.10 bits per heavy atom. The minimum Gasteiger partial charge on any atom is -0.465 e. The van der Waals surface area contributed by atoms with Crippen molar-refractivity contribution in [2.75, 3.05) is 32.5 Å². The Morgan fingerprint density at radius 3 is 2.50 bits per heavy atom. The van der Waals surface area contributed by atoms with E-state index in [2.05, 4.69) is 94.2 Å². The van der Waals surface area contributed by atoms with Gasteiger partial charge in [-0.25, -0.2) is 9.80 Å². The fraction of sp³-hybridized carbons (Fsp3) is 0.562. The van der Waals surface area contributed by atoms with Gasteiger partial charge in [-0.05, 0) is 60.8 Å². The summed E-state index contributed by atoms with van der Waals surface area (Å²) in [5.74, 6) is 3.87. The van der Waals surface area contributed by atoms with Crippen LogP contribution < -0.4 is 0 Å². The summed E-state index contributed by atoms with van der Waals surface area (Å²) in [4.78, 5) is 26.5. The average Bonchev–Trinajstić information content (AvgIpc) is 3.38. The molecule has 1 fully saturated rings. The number of carbonyl (C=O) groups is 2. The molecule has 1 aliphatic heterocycles. The highest BCUT2D eigenvalue weighted by Gasteiger charge is 2.39. The molecule has 3 rings (SSSR count). The third-order valence-electron chi connectivity index (χ3n) is 7.69. The Bertz CT molecular complexity index is 1290. The van der Waals surface area contributed by atoms with Gasteiger partial charge in [-0.1, -0.05) is 70.2 Å². The van der Waals surface area contributed by atoms with E-state index in [9.17, 15) is 9.59 Å². The highest BCUT2D eigenvalue weighted by Crippen LogP contribution is 2.38. The standard InChI is InChI=1S/C32H48N2O4S2Si2/c1-32(2,3)42(8,9)38-27(24-26-12-10-11-25(23-26)17-22-41(5,6)7)15-18-33-20-21-39-31(36)34(33)19-16-28-13-14-29(40-28)30(35)37-4/h10-14,23,27H,15-16,18-21,24H2,1-9H3. The lowest BCUT2D eigenvalue weighted by molar-refractivity contribution is 0.0161. The van der Waals surface area contributed by atoms with Gasteiger partial charge in [0, 0.05) is 42.2 Å². The second-order valence-electron chi connectivity index (χ2n) is 13.4. The van der Waals surface area contributed by atoms with Gasteiger partial charge in [0.25, 0.3) is 5.24 Å². The van der Waals surface area contributed by atoms with Crippen molar-refractivity contribution in [1.29, 1.82) is 0 Å². The number of methoxy groups -OCH3 is 1. The van der Waals surface area contributed by atoms with Crippen molar-refractivity contribution in [2.24, 2.45) is 0 Å². The molecule has 6 nitrogen and oxygen atoms in total. The molecular weight excluding hydrogens is 597 g/mol. The van der Waals surface area contributed by atoms with Gasteiger partial charge in [0.2, 0.25) is 0 Å². The normalized spacial score (nSPS) is 15.7. The molecule has 0 bridgehead atoms. The van der Waals surface area contributed by atoms with Crippen LogP contribution in [0.2, 0.25) is 37.8 Å². The first-order valence-corrected chi connectivity index (χ1v) is 22.9. The molecule has 1 atom stereocenters. The fourth-order valence-corrected chi connectivity index (χ4v) is 8.00. The van der Waals surface area contributed by atoms with Gasteiger partial charge in [-0.2, -0.15) is 0 Å². The van der Waals surface area contributed by atoms with Crippen molar-refractivity contribution in [3.63, 3.8) is 0 Å². The van der Waals surface area contributed by atoms with E-state index >= 15 is 0 Å². The number of amides is 1. The molecule has 1 aliphatic rings. The highest BCUT2D eigenvalue weighted by atomic mass is 32.2. The maximum atomic E-state index is 13.0. The van der Waals surface area contributed by atoms with E-state index in [1.54, 1.807) is 6.07 Å². The van der Waals surface area contributed by atoms with E-state index < -0.39 is 16.4 Å². The first-order chi connectivity index (χ1) is 19.6. The van der Waals surface area contributed by atoms with Gasteiger partial charge in [0.15, 0.2) is 8.32 Å². The number of hydrazine groups is 1. The van der Waals surface area contributed by atoms with E-state index in [1.165, 1.54) is 35.8 Å². The zero-order valence-electron chi connectivity index (χ0n) is 26.8. The monoisotopic (exact) mass is 644 g/mol. The molecule has 230 valence electrons. The second-order valence-corrected chi connectivity index (χ2v) is 25.1. The maximum Gasteiger partial charge on any atom is 0.348 e. The number of hydrogen-bond donors (Lipinski definition) is 0. The zero-order valence-corrected chi connectivity index (χ0v) is 30.5. The number of ether oxygens (including phenoxy) is 1. The molecule has 10 heteroatoms. The second kappa shape index (κ2) is 14.7. The largest absolute Gasteiger partial charge is 0.465 e. The summed E-state index contributed by atoms with van der Waals surface area (Å²) in [6, 6.07) is 12.3. The van der Waals surface area contributed by atoms with Crippen LogP contribution in [0.4, 0.5) is 4.79 Å². The third kappa shape index (κ3) is 10.4. The van der Waals surface area contributed by atoms with Gasteiger partial charge in [-0.3, -0.25) is 9.80 Å². The smallest absolute Gasteiger partial charge is 0.348 e. The van der Waals surface area contributed by atoms with Crippen LogP contribution in [-0.2, 0) is 22.0 Å². The summed E-state index contributed by atoms with van der Waals surface area (Å²) in [6.07, 6.45) is 2.38. The van der Waals surface area contributed by atoms with Crippen molar-refractivity contribution in [2.45, 2.75) is 83.9 Å². The molecule has 2 aromatic rings. The first kappa shape index (κ1) is 34.6. The molecule has 0 spiro atoms. The topological polar surface area (TPSA) is 59.1 Å². The van der Waals surface area contributed by atoms with Crippen LogP contribution in [-0.4, -0.2) is 76.2 Å². The van der Waals surface area contributed by atoms with E-state index in [0.717, 1.165) is 42.1 Å². The molecule has 0 aliphatic carbocycles.